The van der Waals surface area contributed by atoms with E-state index in [0.29, 0.717) is 0 Å². The summed E-state index contributed by atoms with van der Waals surface area (Å²) in [6.45, 7) is 3.21. The number of rotatable bonds is 7. The van der Waals surface area contributed by atoms with E-state index in [9.17, 15) is 0 Å². The number of nitrogens with one attached hydrogen (secondary N) is 1. The maximum Gasteiger partial charge on any atom is 0.0545 e. The summed E-state index contributed by atoms with van der Waals surface area (Å²) >= 11 is 1.80. The molecule has 0 bridgehead atoms. The normalized spacial score (nSPS) is 10.2. The van der Waals surface area contributed by atoms with Crippen molar-refractivity contribution < 1.29 is 0 Å². The Kier molecular flexibility index (Phi) is 8.80. The molecule has 0 atom stereocenters. The van der Waals surface area contributed by atoms with Crippen molar-refractivity contribution in [2.24, 2.45) is 0 Å². The molecule has 0 rings (SSSR count). The van der Waals surface area contributed by atoms with Crippen LogP contribution in [-0.4, -0.2) is 50.1 Å². The van der Waals surface area contributed by atoms with Gasteiger partial charge in [0.1, 0.15) is 0 Å². The summed E-state index contributed by atoms with van der Waals surface area (Å²) in [6.07, 6.45) is 5.11. The fourth-order valence-corrected chi connectivity index (χ4v) is 1.25. The van der Waals surface area contributed by atoms with Crippen LogP contribution in [0.15, 0.2) is 0 Å². The largest absolute Gasteiger partial charge is 0.315 e. The van der Waals surface area contributed by atoms with Crippen LogP contribution in [-0.2, 0) is 0 Å². The summed E-state index contributed by atoms with van der Waals surface area (Å²) in [4.78, 5) is 2.17. The second kappa shape index (κ2) is 8.92. The van der Waals surface area contributed by atoms with Gasteiger partial charge in [0.2, 0.25) is 0 Å². The molecule has 70 valence electrons. The van der Waals surface area contributed by atoms with E-state index in [4.69, 9.17) is 6.42 Å². The zero-order chi connectivity index (χ0) is 9.23. The van der Waals surface area contributed by atoms with Gasteiger partial charge < -0.3 is 10.2 Å². The van der Waals surface area contributed by atoms with Crippen molar-refractivity contribution in [3.8, 4) is 12.3 Å². The van der Waals surface area contributed by atoms with Crippen molar-refractivity contribution >= 4 is 11.8 Å². The summed E-state index contributed by atoms with van der Waals surface area (Å²) in [5.74, 6) is 4.54. The van der Waals surface area contributed by atoms with Crippen molar-refractivity contribution in [1.29, 1.82) is 0 Å². The topological polar surface area (TPSA) is 15.3 Å². The van der Waals surface area contributed by atoms with Crippen molar-refractivity contribution in [2.45, 2.75) is 0 Å². The molecule has 0 aromatic carbocycles. The first-order chi connectivity index (χ1) is 5.77. The maximum absolute atomic E-state index is 5.11. The summed E-state index contributed by atoms with van der Waals surface area (Å²) < 4.78 is 0. The number of hydrogen-bond acceptors (Lipinski definition) is 3. The second-order valence-corrected chi connectivity index (χ2v) is 3.92. The lowest BCUT2D eigenvalue weighted by atomic mass is 10.5. The Balaban J connectivity index is 2.87. The quantitative estimate of drug-likeness (QED) is 0.460. The molecule has 1 N–H and O–H groups in total. The average Bonchev–Trinajstić information content (AvgIpc) is 2.02. The first kappa shape index (κ1) is 11.8. The molecular formula is C9H18N2S. The van der Waals surface area contributed by atoms with Crippen LogP contribution >= 0.6 is 11.8 Å². The molecule has 0 spiro atoms. The van der Waals surface area contributed by atoms with Gasteiger partial charge in [0.15, 0.2) is 0 Å². The highest BCUT2D eigenvalue weighted by atomic mass is 32.2. The summed E-state index contributed by atoms with van der Waals surface area (Å²) in [6, 6.07) is 0. The third kappa shape index (κ3) is 9.83. The van der Waals surface area contributed by atoms with Crippen LogP contribution in [0.2, 0.25) is 0 Å². The number of hydrogen-bond donors (Lipinski definition) is 1. The van der Waals surface area contributed by atoms with E-state index in [1.165, 1.54) is 0 Å². The van der Waals surface area contributed by atoms with Crippen molar-refractivity contribution in [2.75, 3.05) is 45.2 Å². The molecule has 0 unspecified atom stereocenters. The van der Waals surface area contributed by atoms with Crippen LogP contribution in [0.3, 0.4) is 0 Å². The smallest absolute Gasteiger partial charge is 0.0545 e. The molecule has 0 aliphatic carbocycles. The fourth-order valence-electron chi connectivity index (χ4n) is 0.703. The van der Waals surface area contributed by atoms with Gasteiger partial charge in [-0.25, -0.2) is 0 Å². The predicted octanol–water partition coefficient (Wildman–Crippen LogP) is 0.504. The van der Waals surface area contributed by atoms with Gasteiger partial charge in [-0.15, -0.1) is 18.2 Å². The highest BCUT2D eigenvalue weighted by molar-refractivity contribution is 7.99. The van der Waals surface area contributed by atoms with E-state index in [2.05, 4.69) is 30.2 Å². The molecule has 12 heavy (non-hydrogen) atoms. The van der Waals surface area contributed by atoms with Crippen molar-refractivity contribution in [3.05, 3.63) is 0 Å². The Morgan fingerprint density at radius 3 is 2.75 bits per heavy atom. The van der Waals surface area contributed by atoms with Gasteiger partial charge in [-0.1, -0.05) is 5.92 Å². The van der Waals surface area contributed by atoms with E-state index in [0.717, 1.165) is 31.1 Å². The third-order valence-electron chi connectivity index (χ3n) is 1.34. The van der Waals surface area contributed by atoms with Crippen LogP contribution < -0.4 is 5.32 Å². The first-order valence-electron chi connectivity index (χ1n) is 4.14. The third-order valence-corrected chi connectivity index (χ3v) is 2.21. The van der Waals surface area contributed by atoms with Gasteiger partial charge in [-0.3, -0.25) is 0 Å². The highest BCUT2D eigenvalue weighted by Gasteiger charge is 1.89. The minimum Gasteiger partial charge on any atom is -0.315 e. The van der Waals surface area contributed by atoms with Crippen LogP contribution in [0.25, 0.3) is 0 Å². The first-order valence-corrected chi connectivity index (χ1v) is 5.29. The second-order valence-electron chi connectivity index (χ2n) is 2.81. The van der Waals surface area contributed by atoms with E-state index in [-0.39, 0.29) is 0 Å². The Hall–Kier alpha value is -0.170. The van der Waals surface area contributed by atoms with Gasteiger partial charge >= 0.3 is 0 Å². The lowest BCUT2D eigenvalue weighted by molar-refractivity contribution is 0.403. The molecule has 0 aromatic rings. The van der Waals surface area contributed by atoms with E-state index in [1.54, 1.807) is 11.8 Å². The summed E-state index contributed by atoms with van der Waals surface area (Å²) in [5.41, 5.74) is 0. The Morgan fingerprint density at radius 2 is 2.17 bits per heavy atom. The standard InChI is InChI=1S/C9H18N2S/c1-4-8-12-9-6-10-5-7-11(2)3/h1,10H,5-9H2,2-3H3. The molecule has 2 nitrogen and oxygen atoms in total. The molecule has 3 heteroatoms. The van der Waals surface area contributed by atoms with Crippen LogP contribution in [0, 0.1) is 12.3 Å². The van der Waals surface area contributed by atoms with Crippen LogP contribution in [0.4, 0.5) is 0 Å². The number of terminal acetylenes is 1. The molecule has 0 aliphatic heterocycles. The molecule has 0 amide bonds. The monoisotopic (exact) mass is 186 g/mol. The fraction of sp³-hybridized carbons (Fsp3) is 0.778. The Morgan fingerprint density at radius 1 is 1.42 bits per heavy atom. The van der Waals surface area contributed by atoms with Crippen LogP contribution in [0.5, 0.6) is 0 Å². The summed E-state index contributed by atoms with van der Waals surface area (Å²) in [5, 5.41) is 3.34. The molecule has 0 heterocycles. The van der Waals surface area contributed by atoms with Gasteiger partial charge in [0.25, 0.3) is 0 Å². The highest BCUT2D eigenvalue weighted by Crippen LogP contribution is 1.94. The lowest BCUT2D eigenvalue weighted by Gasteiger charge is -2.09. The van der Waals surface area contributed by atoms with Crippen molar-refractivity contribution in [1.82, 2.24) is 10.2 Å². The van der Waals surface area contributed by atoms with E-state index >= 15 is 0 Å². The Labute approximate surface area is 80.1 Å². The predicted molar refractivity (Wildman–Crippen MR) is 57.6 cm³/mol. The molecule has 0 saturated carbocycles. The molecule has 0 aromatic heterocycles. The van der Waals surface area contributed by atoms with E-state index < -0.39 is 0 Å². The zero-order valence-electron chi connectivity index (χ0n) is 7.97. The Bertz CT molecular complexity index is 129. The summed E-state index contributed by atoms with van der Waals surface area (Å²) in [7, 11) is 4.16. The number of likely N-dealkylation sites (N-methyl/N-ethyl adjacent to an activating group) is 1. The molecule has 0 fully saturated rings. The number of thioether (sulfide) groups is 1. The van der Waals surface area contributed by atoms with Gasteiger partial charge in [-0.05, 0) is 14.1 Å². The van der Waals surface area contributed by atoms with Gasteiger partial charge in [0.05, 0.1) is 5.75 Å². The average molecular weight is 186 g/mol. The lowest BCUT2D eigenvalue weighted by Crippen LogP contribution is -2.27. The molecular weight excluding hydrogens is 168 g/mol. The number of nitrogens with zero attached hydrogens (tertiary/aromatic N) is 1. The molecule has 0 radical (unpaired) electrons. The van der Waals surface area contributed by atoms with Gasteiger partial charge in [0, 0.05) is 25.4 Å². The zero-order valence-corrected chi connectivity index (χ0v) is 8.78. The minimum absolute atomic E-state index is 0.829. The maximum atomic E-state index is 5.11. The minimum atomic E-state index is 0.829. The van der Waals surface area contributed by atoms with E-state index in [1.807, 2.05) is 0 Å². The molecule has 0 aliphatic rings. The van der Waals surface area contributed by atoms with Gasteiger partial charge in [-0.2, -0.15) is 0 Å². The molecule has 0 saturated heterocycles. The SMILES string of the molecule is C#CCSCCNCCN(C)C. The van der Waals surface area contributed by atoms with Crippen LogP contribution in [0.1, 0.15) is 0 Å². The van der Waals surface area contributed by atoms with Crippen molar-refractivity contribution in [3.63, 3.8) is 0 Å².